The Morgan fingerprint density at radius 2 is 2.05 bits per heavy atom. The van der Waals surface area contributed by atoms with Crippen molar-refractivity contribution in [2.45, 2.75) is 51.2 Å². The van der Waals surface area contributed by atoms with E-state index in [2.05, 4.69) is 12.2 Å². The molecule has 0 radical (unpaired) electrons. The first-order valence-electron chi connectivity index (χ1n) is 7.43. The molecule has 0 amide bonds. The van der Waals surface area contributed by atoms with Crippen molar-refractivity contribution in [2.75, 3.05) is 7.05 Å². The molecule has 1 aliphatic carbocycles. The largest absolute Gasteiger partial charge is 0.489 e. The van der Waals surface area contributed by atoms with Gasteiger partial charge in [0, 0.05) is 17.1 Å². The second kappa shape index (κ2) is 7.53. The first-order valence-corrected chi connectivity index (χ1v) is 8.18. The van der Waals surface area contributed by atoms with E-state index in [1.807, 2.05) is 13.1 Å². The predicted molar refractivity (Wildman–Crippen MR) is 86.0 cm³/mol. The summed E-state index contributed by atoms with van der Waals surface area (Å²) >= 11 is 12.2. The van der Waals surface area contributed by atoms with Crippen molar-refractivity contribution in [3.05, 3.63) is 28.2 Å². The summed E-state index contributed by atoms with van der Waals surface area (Å²) in [6.07, 6.45) is 6.12. The van der Waals surface area contributed by atoms with Crippen molar-refractivity contribution in [1.29, 1.82) is 0 Å². The zero-order valence-electron chi connectivity index (χ0n) is 12.2. The van der Waals surface area contributed by atoms with Crippen LogP contribution in [0.15, 0.2) is 18.2 Å². The standard InChI is InChI=1S/C16H23Cl2NO/c1-3-13(19-2)7-9-15(11-4-5-11)20-16-10-12(17)6-8-14(16)18/h6,8,10-11,13,15,19H,3-5,7,9H2,1-2H3. The lowest BCUT2D eigenvalue weighted by Gasteiger charge is -2.22. The number of benzene rings is 1. The smallest absolute Gasteiger partial charge is 0.139 e. The van der Waals surface area contributed by atoms with Gasteiger partial charge in [-0.05, 0) is 57.2 Å². The summed E-state index contributed by atoms with van der Waals surface area (Å²) in [5.74, 6) is 1.40. The Labute approximate surface area is 131 Å². The molecule has 1 saturated carbocycles. The van der Waals surface area contributed by atoms with Gasteiger partial charge in [-0.1, -0.05) is 30.1 Å². The van der Waals surface area contributed by atoms with Crippen molar-refractivity contribution in [2.24, 2.45) is 5.92 Å². The average molecular weight is 316 g/mol. The molecule has 1 aromatic rings. The van der Waals surface area contributed by atoms with Gasteiger partial charge in [0.2, 0.25) is 0 Å². The van der Waals surface area contributed by atoms with Gasteiger partial charge in [0.25, 0.3) is 0 Å². The molecule has 20 heavy (non-hydrogen) atoms. The summed E-state index contributed by atoms with van der Waals surface area (Å²) in [6.45, 7) is 2.21. The van der Waals surface area contributed by atoms with Crippen LogP contribution in [0.2, 0.25) is 10.0 Å². The van der Waals surface area contributed by atoms with Gasteiger partial charge in [-0.25, -0.2) is 0 Å². The van der Waals surface area contributed by atoms with Gasteiger partial charge >= 0.3 is 0 Å². The van der Waals surface area contributed by atoms with Crippen LogP contribution < -0.4 is 10.1 Å². The number of halogens is 2. The van der Waals surface area contributed by atoms with E-state index in [1.54, 1.807) is 12.1 Å². The zero-order valence-corrected chi connectivity index (χ0v) is 13.7. The normalized spacial score (nSPS) is 17.8. The summed E-state index contributed by atoms with van der Waals surface area (Å²) in [5.41, 5.74) is 0. The minimum atomic E-state index is 0.258. The highest BCUT2D eigenvalue weighted by molar-refractivity contribution is 6.34. The fourth-order valence-electron chi connectivity index (χ4n) is 2.51. The van der Waals surface area contributed by atoms with E-state index >= 15 is 0 Å². The second-order valence-electron chi connectivity index (χ2n) is 5.54. The summed E-state index contributed by atoms with van der Waals surface area (Å²) in [7, 11) is 2.02. The molecular weight excluding hydrogens is 293 g/mol. The van der Waals surface area contributed by atoms with Crippen LogP contribution in [-0.2, 0) is 0 Å². The minimum Gasteiger partial charge on any atom is -0.489 e. The number of hydrogen-bond acceptors (Lipinski definition) is 2. The molecule has 0 bridgehead atoms. The number of nitrogens with one attached hydrogen (secondary N) is 1. The molecule has 4 heteroatoms. The summed E-state index contributed by atoms with van der Waals surface area (Å²) in [4.78, 5) is 0. The quantitative estimate of drug-likeness (QED) is 0.734. The van der Waals surface area contributed by atoms with Gasteiger partial charge in [-0.2, -0.15) is 0 Å². The molecule has 2 atom stereocenters. The lowest BCUT2D eigenvalue weighted by atomic mass is 10.0. The van der Waals surface area contributed by atoms with Crippen LogP contribution in [-0.4, -0.2) is 19.2 Å². The van der Waals surface area contributed by atoms with Crippen LogP contribution >= 0.6 is 23.2 Å². The van der Waals surface area contributed by atoms with Crippen LogP contribution in [0.25, 0.3) is 0 Å². The van der Waals surface area contributed by atoms with Gasteiger partial charge < -0.3 is 10.1 Å². The molecule has 2 unspecified atom stereocenters. The van der Waals surface area contributed by atoms with E-state index in [0.29, 0.717) is 27.8 Å². The SMILES string of the molecule is CCC(CCC(Oc1cc(Cl)ccc1Cl)C1CC1)NC. The minimum absolute atomic E-state index is 0.258. The van der Waals surface area contributed by atoms with Crippen LogP contribution in [0.4, 0.5) is 0 Å². The van der Waals surface area contributed by atoms with Crippen molar-refractivity contribution in [3.8, 4) is 5.75 Å². The second-order valence-corrected chi connectivity index (χ2v) is 6.38. The molecule has 2 nitrogen and oxygen atoms in total. The highest BCUT2D eigenvalue weighted by atomic mass is 35.5. The van der Waals surface area contributed by atoms with Crippen molar-refractivity contribution in [3.63, 3.8) is 0 Å². The van der Waals surface area contributed by atoms with Crippen molar-refractivity contribution >= 4 is 23.2 Å². The molecule has 0 saturated heterocycles. The van der Waals surface area contributed by atoms with E-state index in [1.165, 1.54) is 12.8 Å². The van der Waals surface area contributed by atoms with Crippen LogP contribution in [0.1, 0.15) is 39.0 Å². The molecule has 1 fully saturated rings. The van der Waals surface area contributed by atoms with Gasteiger partial charge in [0.05, 0.1) is 5.02 Å². The molecule has 2 rings (SSSR count). The Bertz CT molecular complexity index is 430. The van der Waals surface area contributed by atoms with Crippen LogP contribution in [0, 0.1) is 5.92 Å². The van der Waals surface area contributed by atoms with E-state index < -0.39 is 0 Å². The summed E-state index contributed by atoms with van der Waals surface area (Å²) in [6, 6.07) is 5.96. The Kier molecular flexibility index (Phi) is 6.01. The number of hydrogen-bond donors (Lipinski definition) is 1. The molecule has 112 valence electrons. The summed E-state index contributed by atoms with van der Waals surface area (Å²) < 4.78 is 6.15. The fourth-order valence-corrected chi connectivity index (χ4v) is 2.83. The zero-order chi connectivity index (χ0) is 14.5. The Morgan fingerprint density at radius 1 is 1.30 bits per heavy atom. The van der Waals surface area contributed by atoms with E-state index in [-0.39, 0.29) is 6.10 Å². The van der Waals surface area contributed by atoms with Crippen molar-refractivity contribution < 1.29 is 4.74 Å². The molecule has 1 aliphatic rings. The third kappa shape index (κ3) is 4.54. The molecule has 0 spiro atoms. The van der Waals surface area contributed by atoms with Crippen LogP contribution in [0.5, 0.6) is 5.75 Å². The van der Waals surface area contributed by atoms with E-state index in [9.17, 15) is 0 Å². The maximum atomic E-state index is 6.19. The number of rotatable bonds is 8. The lowest BCUT2D eigenvalue weighted by Crippen LogP contribution is -2.28. The maximum absolute atomic E-state index is 6.19. The Balaban J connectivity index is 1.97. The average Bonchev–Trinajstić information content (AvgIpc) is 3.27. The fraction of sp³-hybridized carbons (Fsp3) is 0.625. The highest BCUT2D eigenvalue weighted by Gasteiger charge is 2.33. The highest BCUT2D eigenvalue weighted by Crippen LogP contribution is 2.39. The third-order valence-corrected chi connectivity index (χ3v) is 4.57. The van der Waals surface area contributed by atoms with Gasteiger partial charge in [0.1, 0.15) is 11.9 Å². The predicted octanol–water partition coefficient (Wildman–Crippen LogP) is 4.93. The lowest BCUT2D eigenvalue weighted by molar-refractivity contribution is 0.160. The van der Waals surface area contributed by atoms with Crippen LogP contribution in [0.3, 0.4) is 0 Å². The number of ether oxygens (including phenoxy) is 1. The molecule has 1 N–H and O–H groups in total. The monoisotopic (exact) mass is 315 g/mol. The van der Waals surface area contributed by atoms with Gasteiger partial charge in [-0.15, -0.1) is 0 Å². The van der Waals surface area contributed by atoms with E-state index in [0.717, 1.165) is 19.3 Å². The molecule has 1 aromatic carbocycles. The Morgan fingerprint density at radius 3 is 2.65 bits per heavy atom. The van der Waals surface area contributed by atoms with Gasteiger partial charge in [0.15, 0.2) is 0 Å². The summed E-state index contributed by atoms with van der Waals surface area (Å²) in [5, 5.41) is 4.65. The first kappa shape index (κ1) is 15.9. The van der Waals surface area contributed by atoms with Gasteiger partial charge in [-0.3, -0.25) is 0 Å². The Hall–Kier alpha value is -0.440. The first-order chi connectivity index (χ1) is 9.63. The third-order valence-electron chi connectivity index (χ3n) is 4.02. The molecule has 0 heterocycles. The maximum Gasteiger partial charge on any atom is 0.139 e. The molecule has 0 aliphatic heterocycles. The molecule has 0 aromatic heterocycles. The topological polar surface area (TPSA) is 21.3 Å². The molecular formula is C16H23Cl2NO. The van der Waals surface area contributed by atoms with E-state index in [4.69, 9.17) is 27.9 Å². The van der Waals surface area contributed by atoms with Crippen molar-refractivity contribution in [1.82, 2.24) is 5.32 Å².